The van der Waals surface area contributed by atoms with Crippen molar-refractivity contribution >= 4 is 23.5 Å². The molecule has 2 N–H and O–H groups in total. The highest BCUT2D eigenvalue weighted by atomic mass is 32.2. The van der Waals surface area contributed by atoms with E-state index in [0.717, 1.165) is 28.2 Å². The van der Waals surface area contributed by atoms with Crippen molar-refractivity contribution in [1.82, 2.24) is 9.78 Å². The van der Waals surface area contributed by atoms with Crippen molar-refractivity contribution in [2.75, 3.05) is 18.2 Å². The Morgan fingerprint density at radius 1 is 1.29 bits per heavy atom. The first-order valence-corrected chi connectivity index (χ1v) is 10.0. The Kier molecular flexibility index (Phi) is 5.00. The van der Waals surface area contributed by atoms with Crippen molar-refractivity contribution in [2.24, 2.45) is 0 Å². The third-order valence-electron chi connectivity index (χ3n) is 4.76. The smallest absolute Gasteiger partial charge is 0.235 e. The number of aryl methyl sites for hydroxylation is 1. The van der Waals surface area contributed by atoms with Crippen molar-refractivity contribution in [3.05, 3.63) is 70.9 Å². The van der Waals surface area contributed by atoms with Gasteiger partial charge in [0.05, 0.1) is 30.4 Å². The van der Waals surface area contributed by atoms with E-state index in [-0.39, 0.29) is 16.9 Å². The number of aromatic hydroxyl groups is 1. The number of aromatic nitrogens is 2. The highest BCUT2D eigenvalue weighted by Crippen LogP contribution is 2.45. The first kappa shape index (κ1) is 18.4. The van der Waals surface area contributed by atoms with Crippen LogP contribution in [-0.2, 0) is 11.3 Å². The normalized spacial score (nSPS) is 16.2. The summed E-state index contributed by atoms with van der Waals surface area (Å²) >= 11 is 1.53. The number of thioether (sulfide) groups is 1. The maximum Gasteiger partial charge on any atom is 0.235 e. The molecule has 1 amide bonds. The molecule has 0 bridgehead atoms. The summed E-state index contributed by atoms with van der Waals surface area (Å²) in [6.07, 6.45) is 0. The van der Waals surface area contributed by atoms with E-state index in [1.165, 1.54) is 18.9 Å². The van der Waals surface area contributed by atoms with Crippen molar-refractivity contribution in [1.29, 1.82) is 0 Å². The van der Waals surface area contributed by atoms with Gasteiger partial charge in [0.2, 0.25) is 5.91 Å². The van der Waals surface area contributed by atoms with Gasteiger partial charge in [0.1, 0.15) is 5.82 Å². The minimum absolute atomic E-state index is 0.0549. The molecular formula is C21H21N3O3S. The molecule has 1 atom stereocenters. The number of phenols is 1. The Morgan fingerprint density at radius 2 is 2.07 bits per heavy atom. The minimum Gasteiger partial charge on any atom is -0.504 e. The number of benzene rings is 2. The molecule has 0 unspecified atom stereocenters. The minimum atomic E-state index is -0.115. The van der Waals surface area contributed by atoms with Gasteiger partial charge >= 0.3 is 0 Å². The molecule has 0 radical (unpaired) electrons. The number of fused-ring (bicyclic) bond motifs is 1. The molecule has 1 aliphatic rings. The Labute approximate surface area is 167 Å². The summed E-state index contributed by atoms with van der Waals surface area (Å²) in [7, 11) is 1.52. The van der Waals surface area contributed by atoms with Crippen LogP contribution in [0.25, 0.3) is 0 Å². The first-order chi connectivity index (χ1) is 13.6. The maximum atomic E-state index is 12.4. The zero-order valence-electron chi connectivity index (χ0n) is 15.7. The van der Waals surface area contributed by atoms with E-state index in [2.05, 4.69) is 5.32 Å². The standard InChI is InChI=1S/C21H21N3O3S/c1-13-19-20(15-8-9-17(27-2)16(25)10-15)28-12-18(26)22-21(19)24(23-13)11-14-6-4-3-5-7-14/h3-10,20,25H,11-12H2,1-2H3,(H,22,26)/t20-/m1/s1. The van der Waals surface area contributed by atoms with Crippen LogP contribution in [0.2, 0.25) is 0 Å². The van der Waals surface area contributed by atoms with E-state index in [0.29, 0.717) is 18.0 Å². The van der Waals surface area contributed by atoms with Crippen molar-refractivity contribution in [2.45, 2.75) is 18.7 Å². The quantitative estimate of drug-likeness (QED) is 0.704. The number of nitrogens with zero attached hydrogens (tertiary/aromatic N) is 2. The fourth-order valence-electron chi connectivity index (χ4n) is 3.46. The third kappa shape index (κ3) is 3.45. The average Bonchev–Trinajstić information content (AvgIpc) is 2.87. The van der Waals surface area contributed by atoms with Gasteiger partial charge in [0.25, 0.3) is 0 Å². The topological polar surface area (TPSA) is 76.4 Å². The van der Waals surface area contributed by atoms with Gasteiger partial charge in [-0.15, -0.1) is 11.8 Å². The average molecular weight is 395 g/mol. The molecule has 1 aliphatic heterocycles. The number of carbonyl (C=O) groups is 1. The van der Waals surface area contributed by atoms with Crippen LogP contribution in [-0.4, -0.2) is 33.7 Å². The van der Waals surface area contributed by atoms with Gasteiger partial charge in [0.15, 0.2) is 11.5 Å². The van der Waals surface area contributed by atoms with Crippen LogP contribution in [0.3, 0.4) is 0 Å². The fourth-order valence-corrected chi connectivity index (χ4v) is 4.63. The van der Waals surface area contributed by atoms with Crippen molar-refractivity contribution in [3.8, 4) is 11.5 Å². The van der Waals surface area contributed by atoms with Crippen molar-refractivity contribution < 1.29 is 14.6 Å². The summed E-state index contributed by atoms with van der Waals surface area (Å²) in [6.45, 7) is 2.53. The molecular weight excluding hydrogens is 374 g/mol. The molecule has 6 nitrogen and oxygen atoms in total. The monoisotopic (exact) mass is 395 g/mol. The number of anilines is 1. The molecule has 28 heavy (non-hydrogen) atoms. The maximum absolute atomic E-state index is 12.4. The number of hydrogen-bond donors (Lipinski definition) is 2. The molecule has 0 saturated heterocycles. The Balaban J connectivity index is 1.78. The largest absolute Gasteiger partial charge is 0.504 e. The highest BCUT2D eigenvalue weighted by Gasteiger charge is 2.30. The summed E-state index contributed by atoms with van der Waals surface area (Å²) in [5.74, 6) is 1.50. The van der Waals surface area contributed by atoms with E-state index in [1.54, 1.807) is 12.1 Å². The highest BCUT2D eigenvalue weighted by molar-refractivity contribution is 8.00. The summed E-state index contributed by atoms with van der Waals surface area (Å²) in [6, 6.07) is 15.4. The summed E-state index contributed by atoms with van der Waals surface area (Å²) in [5, 5.41) is 17.8. The number of carbonyl (C=O) groups excluding carboxylic acids is 1. The molecule has 2 aromatic carbocycles. The summed E-state index contributed by atoms with van der Waals surface area (Å²) in [4.78, 5) is 12.4. The lowest BCUT2D eigenvalue weighted by Gasteiger charge is -2.16. The number of phenolic OH excluding ortho intramolecular Hbond substituents is 1. The van der Waals surface area contributed by atoms with Gasteiger partial charge in [-0.25, -0.2) is 4.68 Å². The molecule has 144 valence electrons. The van der Waals surface area contributed by atoms with Crippen LogP contribution >= 0.6 is 11.8 Å². The lowest BCUT2D eigenvalue weighted by Crippen LogP contribution is -2.16. The number of amides is 1. The number of nitrogens with one attached hydrogen (secondary N) is 1. The SMILES string of the molecule is COc1ccc([C@H]2SCC(=O)Nc3c2c(C)nn3Cc2ccccc2)cc1O. The molecule has 0 spiro atoms. The van der Waals surface area contributed by atoms with E-state index >= 15 is 0 Å². The van der Waals surface area contributed by atoms with Crippen molar-refractivity contribution in [3.63, 3.8) is 0 Å². The van der Waals surface area contributed by atoms with E-state index in [1.807, 2.05) is 48.0 Å². The van der Waals surface area contributed by atoms with E-state index in [9.17, 15) is 9.90 Å². The molecule has 1 aromatic heterocycles. The van der Waals surface area contributed by atoms with Gasteiger partial charge in [-0.2, -0.15) is 5.10 Å². The van der Waals surface area contributed by atoms with E-state index in [4.69, 9.17) is 9.84 Å². The van der Waals surface area contributed by atoms with Gasteiger partial charge in [-0.1, -0.05) is 36.4 Å². The molecule has 0 aliphatic carbocycles. The Bertz CT molecular complexity index is 1020. The first-order valence-electron chi connectivity index (χ1n) is 8.96. The second-order valence-electron chi connectivity index (χ2n) is 6.66. The molecule has 2 heterocycles. The lowest BCUT2D eigenvalue weighted by atomic mass is 10.0. The predicted molar refractivity (Wildman–Crippen MR) is 110 cm³/mol. The lowest BCUT2D eigenvalue weighted by molar-refractivity contribution is -0.113. The second-order valence-corrected chi connectivity index (χ2v) is 7.75. The molecule has 0 saturated carbocycles. The zero-order valence-corrected chi connectivity index (χ0v) is 16.5. The number of methoxy groups -OCH3 is 1. The van der Waals surface area contributed by atoms with Gasteiger partial charge in [0, 0.05) is 5.56 Å². The number of ether oxygens (including phenoxy) is 1. The van der Waals surface area contributed by atoms with Crippen LogP contribution in [0, 0.1) is 6.92 Å². The predicted octanol–water partition coefficient (Wildman–Crippen LogP) is 3.73. The molecule has 3 aromatic rings. The van der Waals surface area contributed by atoms with Crippen LogP contribution in [0.5, 0.6) is 11.5 Å². The van der Waals surface area contributed by atoms with E-state index < -0.39 is 0 Å². The summed E-state index contributed by atoms with van der Waals surface area (Å²) in [5.41, 5.74) is 3.85. The van der Waals surface area contributed by atoms with Crippen LogP contribution < -0.4 is 10.1 Å². The fraction of sp³-hybridized carbons (Fsp3) is 0.238. The Hall–Kier alpha value is -2.93. The van der Waals surface area contributed by atoms with Gasteiger partial charge < -0.3 is 15.2 Å². The van der Waals surface area contributed by atoms with Crippen LogP contribution in [0.15, 0.2) is 48.5 Å². The number of hydrogen-bond acceptors (Lipinski definition) is 5. The van der Waals surface area contributed by atoms with Crippen LogP contribution in [0.4, 0.5) is 5.82 Å². The van der Waals surface area contributed by atoms with Gasteiger partial charge in [-0.05, 0) is 30.2 Å². The molecule has 0 fully saturated rings. The Morgan fingerprint density at radius 3 is 2.79 bits per heavy atom. The zero-order chi connectivity index (χ0) is 19.7. The van der Waals surface area contributed by atoms with Gasteiger partial charge in [-0.3, -0.25) is 4.79 Å². The number of rotatable bonds is 4. The molecule has 7 heteroatoms. The van der Waals surface area contributed by atoms with Crippen LogP contribution in [0.1, 0.15) is 27.6 Å². The third-order valence-corrected chi connectivity index (χ3v) is 6.03. The molecule has 4 rings (SSSR count). The second kappa shape index (κ2) is 7.59. The summed E-state index contributed by atoms with van der Waals surface area (Å²) < 4.78 is 7.00.